The lowest BCUT2D eigenvalue weighted by atomic mass is 9.95. The number of hydrogen-bond donors (Lipinski definition) is 1. The summed E-state index contributed by atoms with van der Waals surface area (Å²) in [5.74, 6) is 0.961. The predicted molar refractivity (Wildman–Crippen MR) is 76.7 cm³/mol. The van der Waals surface area contributed by atoms with Gasteiger partial charge in [-0.15, -0.1) is 0 Å². The van der Waals surface area contributed by atoms with Gasteiger partial charge < -0.3 is 15.2 Å². The van der Waals surface area contributed by atoms with Crippen molar-refractivity contribution in [3.05, 3.63) is 58.9 Å². The van der Waals surface area contributed by atoms with Crippen molar-refractivity contribution in [3.8, 4) is 11.5 Å². The van der Waals surface area contributed by atoms with Crippen LogP contribution in [0.5, 0.6) is 11.5 Å². The van der Waals surface area contributed by atoms with Crippen molar-refractivity contribution in [1.29, 1.82) is 0 Å². The van der Waals surface area contributed by atoms with Crippen molar-refractivity contribution in [3.63, 3.8) is 0 Å². The second kappa shape index (κ2) is 5.92. The monoisotopic (exact) mass is 275 g/mol. The average molecular weight is 275 g/mol. The van der Waals surface area contributed by atoms with E-state index < -0.39 is 6.04 Å². The highest BCUT2D eigenvalue weighted by atomic mass is 19.1. The lowest BCUT2D eigenvalue weighted by Crippen LogP contribution is -2.15. The lowest BCUT2D eigenvalue weighted by Gasteiger charge is -2.19. The third-order valence-electron chi connectivity index (χ3n) is 3.34. The van der Waals surface area contributed by atoms with Crippen molar-refractivity contribution in [2.75, 3.05) is 14.2 Å². The second-order valence-electron chi connectivity index (χ2n) is 4.56. The number of benzene rings is 2. The minimum atomic E-state index is -0.402. The summed E-state index contributed by atoms with van der Waals surface area (Å²) in [4.78, 5) is 0. The van der Waals surface area contributed by atoms with Crippen LogP contribution in [0.15, 0.2) is 36.4 Å². The Morgan fingerprint density at radius 1 is 1.05 bits per heavy atom. The fraction of sp³-hybridized carbons (Fsp3) is 0.250. The third kappa shape index (κ3) is 2.60. The highest BCUT2D eigenvalue weighted by molar-refractivity contribution is 5.51. The molecule has 2 rings (SSSR count). The first-order valence-corrected chi connectivity index (χ1v) is 6.31. The van der Waals surface area contributed by atoms with Gasteiger partial charge in [-0.3, -0.25) is 0 Å². The smallest absolute Gasteiger partial charge is 0.165 e. The van der Waals surface area contributed by atoms with Gasteiger partial charge in [-0.1, -0.05) is 18.2 Å². The molecule has 0 aliphatic carbocycles. The molecule has 0 spiro atoms. The molecule has 0 aromatic heterocycles. The summed E-state index contributed by atoms with van der Waals surface area (Å²) in [5, 5.41) is 0. The van der Waals surface area contributed by atoms with Crippen LogP contribution in [-0.2, 0) is 0 Å². The van der Waals surface area contributed by atoms with Crippen LogP contribution in [0, 0.1) is 12.7 Å². The van der Waals surface area contributed by atoms with Gasteiger partial charge >= 0.3 is 0 Å². The average Bonchev–Trinajstić information content (AvgIpc) is 2.45. The van der Waals surface area contributed by atoms with Crippen LogP contribution in [0.2, 0.25) is 0 Å². The summed E-state index contributed by atoms with van der Waals surface area (Å²) in [5.41, 5.74) is 8.78. The van der Waals surface area contributed by atoms with Crippen molar-refractivity contribution in [2.24, 2.45) is 5.73 Å². The molecule has 20 heavy (non-hydrogen) atoms. The molecule has 3 nitrogen and oxygen atoms in total. The summed E-state index contributed by atoms with van der Waals surface area (Å²) < 4.78 is 23.9. The van der Waals surface area contributed by atoms with Crippen LogP contribution >= 0.6 is 0 Å². The highest BCUT2D eigenvalue weighted by Gasteiger charge is 2.18. The van der Waals surface area contributed by atoms with Gasteiger partial charge in [-0.2, -0.15) is 0 Å². The van der Waals surface area contributed by atoms with Gasteiger partial charge in [0.15, 0.2) is 11.5 Å². The number of ether oxygens (including phenoxy) is 2. The molecule has 4 heteroatoms. The molecule has 2 aromatic rings. The fourth-order valence-corrected chi connectivity index (χ4v) is 2.31. The Bertz CT molecular complexity index is 613. The number of rotatable bonds is 4. The molecule has 106 valence electrons. The molecule has 2 aromatic carbocycles. The molecule has 0 saturated heterocycles. The van der Waals surface area contributed by atoms with Crippen LogP contribution in [0.4, 0.5) is 4.39 Å². The Morgan fingerprint density at radius 3 is 2.40 bits per heavy atom. The van der Waals surface area contributed by atoms with E-state index in [1.807, 2.05) is 25.1 Å². The number of methoxy groups -OCH3 is 2. The number of para-hydroxylation sites is 1. The molecular formula is C16H18FNO2. The molecule has 0 amide bonds. The summed E-state index contributed by atoms with van der Waals surface area (Å²) in [6.07, 6.45) is 0. The van der Waals surface area contributed by atoms with Crippen molar-refractivity contribution < 1.29 is 13.9 Å². The predicted octanol–water partition coefficient (Wildman–Crippen LogP) is 3.20. The SMILES string of the molecule is COc1cccc(C(N)c2ccc(F)cc2C)c1OC. The largest absolute Gasteiger partial charge is 0.493 e. The quantitative estimate of drug-likeness (QED) is 0.932. The zero-order valence-electron chi connectivity index (χ0n) is 11.8. The van der Waals surface area contributed by atoms with Gasteiger partial charge in [-0.05, 0) is 36.2 Å². The Hall–Kier alpha value is -2.07. The third-order valence-corrected chi connectivity index (χ3v) is 3.34. The zero-order valence-corrected chi connectivity index (χ0v) is 11.8. The van der Waals surface area contributed by atoms with Gasteiger partial charge in [0.2, 0.25) is 0 Å². The van der Waals surface area contributed by atoms with E-state index in [2.05, 4.69) is 0 Å². The first kappa shape index (κ1) is 14.3. The van der Waals surface area contributed by atoms with Crippen LogP contribution in [-0.4, -0.2) is 14.2 Å². The normalized spacial score (nSPS) is 12.1. The fourth-order valence-electron chi connectivity index (χ4n) is 2.31. The minimum absolute atomic E-state index is 0.268. The number of aryl methyl sites for hydroxylation is 1. The maximum Gasteiger partial charge on any atom is 0.165 e. The number of hydrogen-bond acceptors (Lipinski definition) is 3. The molecule has 0 saturated carbocycles. The molecular weight excluding hydrogens is 257 g/mol. The molecule has 0 fully saturated rings. The van der Waals surface area contributed by atoms with Gasteiger partial charge in [0.25, 0.3) is 0 Å². The second-order valence-corrected chi connectivity index (χ2v) is 4.56. The van der Waals surface area contributed by atoms with E-state index in [9.17, 15) is 4.39 Å². The Kier molecular flexibility index (Phi) is 4.25. The van der Waals surface area contributed by atoms with E-state index in [-0.39, 0.29) is 5.82 Å². The number of nitrogens with two attached hydrogens (primary N) is 1. The molecule has 1 unspecified atom stereocenters. The van der Waals surface area contributed by atoms with E-state index in [0.717, 1.165) is 16.7 Å². The van der Waals surface area contributed by atoms with E-state index >= 15 is 0 Å². The van der Waals surface area contributed by atoms with Crippen LogP contribution in [0.3, 0.4) is 0 Å². The molecule has 0 radical (unpaired) electrons. The maximum atomic E-state index is 13.2. The van der Waals surface area contributed by atoms with Crippen LogP contribution in [0.1, 0.15) is 22.7 Å². The Morgan fingerprint density at radius 2 is 1.80 bits per heavy atom. The first-order valence-electron chi connectivity index (χ1n) is 6.31. The van der Waals surface area contributed by atoms with E-state index in [4.69, 9.17) is 15.2 Å². The lowest BCUT2D eigenvalue weighted by molar-refractivity contribution is 0.350. The van der Waals surface area contributed by atoms with Gasteiger partial charge in [0, 0.05) is 5.56 Å². The van der Waals surface area contributed by atoms with E-state index in [1.54, 1.807) is 20.3 Å². The first-order chi connectivity index (χ1) is 9.58. The number of halogens is 1. The van der Waals surface area contributed by atoms with E-state index in [1.165, 1.54) is 12.1 Å². The van der Waals surface area contributed by atoms with Gasteiger partial charge in [0.1, 0.15) is 5.82 Å². The topological polar surface area (TPSA) is 44.5 Å². The Labute approximate surface area is 118 Å². The van der Waals surface area contributed by atoms with Gasteiger partial charge in [-0.25, -0.2) is 4.39 Å². The molecule has 0 bridgehead atoms. The molecule has 1 atom stereocenters. The minimum Gasteiger partial charge on any atom is -0.493 e. The molecule has 2 N–H and O–H groups in total. The summed E-state index contributed by atoms with van der Waals surface area (Å²) in [6.45, 7) is 1.84. The summed E-state index contributed by atoms with van der Waals surface area (Å²) >= 11 is 0. The van der Waals surface area contributed by atoms with Crippen molar-refractivity contribution >= 4 is 0 Å². The van der Waals surface area contributed by atoms with Crippen molar-refractivity contribution in [2.45, 2.75) is 13.0 Å². The standard InChI is InChI=1S/C16H18FNO2/c1-10-9-11(17)7-8-12(10)15(18)13-5-4-6-14(19-2)16(13)20-3/h4-9,15H,18H2,1-3H3. The Balaban J connectivity index is 2.50. The van der Waals surface area contributed by atoms with E-state index in [0.29, 0.717) is 11.5 Å². The zero-order chi connectivity index (χ0) is 14.7. The molecule has 0 aliphatic rings. The molecule has 0 aliphatic heterocycles. The van der Waals surface area contributed by atoms with Crippen molar-refractivity contribution in [1.82, 2.24) is 0 Å². The highest BCUT2D eigenvalue weighted by Crippen LogP contribution is 2.36. The summed E-state index contributed by atoms with van der Waals surface area (Å²) in [7, 11) is 3.15. The van der Waals surface area contributed by atoms with Crippen LogP contribution in [0.25, 0.3) is 0 Å². The summed E-state index contributed by atoms with van der Waals surface area (Å²) in [6, 6.07) is 9.74. The maximum absolute atomic E-state index is 13.2. The van der Waals surface area contributed by atoms with Gasteiger partial charge in [0.05, 0.1) is 20.3 Å². The van der Waals surface area contributed by atoms with Crippen LogP contribution < -0.4 is 15.2 Å². The molecule has 0 heterocycles.